The number of rotatable bonds is 0. The highest BCUT2D eigenvalue weighted by atomic mass is 35.5. The second-order valence-electron chi connectivity index (χ2n) is 0. The number of hydrogen-bond acceptors (Lipinski definition) is 1. The molecule has 0 aromatic carbocycles. The van der Waals surface area contributed by atoms with Gasteiger partial charge in [-0.25, -0.2) is 0 Å². The molecule has 0 bridgehead atoms. The van der Waals surface area contributed by atoms with E-state index >= 15 is 0 Å². The van der Waals surface area contributed by atoms with Crippen molar-refractivity contribution in [1.82, 2.24) is 0 Å². The maximum atomic E-state index is 8.17. The summed E-state index contributed by atoms with van der Waals surface area (Å²) in [5.74, 6) is 0. The van der Waals surface area contributed by atoms with Gasteiger partial charge < -0.3 is 24.8 Å². The third-order valence-electron chi connectivity index (χ3n) is 0. The molecule has 0 saturated carbocycles. The molecule has 0 amide bonds. The molecule has 4 heteroatoms. The van der Waals surface area contributed by atoms with Gasteiger partial charge in [-0.3, -0.25) is 0 Å². The topological polar surface area (TPSA) is 17.1 Å². The molecule has 0 atom stereocenters. The van der Waals surface area contributed by atoms with Crippen molar-refractivity contribution in [2.24, 2.45) is 0 Å². The minimum absolute atomic E-state index is 0. The summed E-state index contributed by atoms with van der Waals surface area (Å²) in [5.41, 5.74) is 0. The van der Waals surface area contributed by atoms with E-state index in [1.54, 1.807) is 0 Å². The van der Waals surface area contributed by atoms with Gasteiger partial charge in [0.05, 0.1) is 0 Å². The van der Waals surface area contributed by atoms with Crippen LogP contribution in [0.5, 0.6) is 0 Å². The van der Waals surface area contributed by atoms with E-state index in [2.05, 4.69) is 0 Å². The molecule has 5 radical (unpaired) electrons. The largest absolute Gasteiger partial charge is 1.96 e. The van der Waals surface area contributed by atoms with Crippen LogP contribution in [0.2, 0.25) is 0 Å². The first-order valence-corrected chi connectivity index (χ1v) is 0.707. The van der Waals surface area contributed by atoms with E-state index in [9.17, 15) is 0 Å². The van der Waals surface area contributed by atoms with Crippen LogP contribution in [-0.4, -0.2) is 16.2 Å². The molecule has 0 aromatic rings. The minimum atomic E-state index is 0. The van der Waals surface area contributed by atoms with Crippen molar-refractivity contribution in [2.45, 2.75) is 0 Å². The van der Waals surface area contributed by atoms with E-state index in [0.717, 1.165) is 0 Å². The van der Waals surface area contributed by atoms with Gasteiger partial charge in [-0.1, -0.05) is 0 Å². The van der Waals surface area contributed by atoms with E-state index in [4.69, 9.17) is 3.80 Å². The van der Waals surface area contributed by atoms with E-state index in [1.165, 1.54) is 16.2 Å². The van der Waals surface area contributed by atoms with Gasteiger partial charge >= 0.3 is 16.2 Å². The van der Waals surface area contributed by atoms with Crippen molar-refractivity contribution in [1.29, 1.82) is 0 Å². The fourth-order valence-corrected chi connectivity index (χ4v) is 0. The Labute approximate surface area is 45.2 Å². The summed E-state index contributed by atoms with van der Waals surface area (Å²) in [6.07, 6.45) is 0. The van der Waals surface area contributed by atoms with E-state index in [1.807, 2.05) is 0 Å². The third kappa shape index (κ3) is 12.8. The van der Waals surface area contributed by atoms with Gasteiger partial charge in [0, 0.05) is 3.80 Å². The summed E-state index contributed by atoms with van der Waals surface area (Å²) in [7, 11) is 0. The molecule has 4 heavy (non-hydrogen) atoms. The van der Waals surface area contributed by atoms with Crippen molar-refractivity contribution in [3.63, 3.8) is 0 Å². The molecule has 0 aliphatic rings. The molecule has 0 heterocycles. The first-order chi connectivity index (χ1) is 1.00. The standard InChI is InChI=1S/Al.2ClH.O/h;2*1H;/q+2;;;/p-2. The second kappa shape index (κ2) is 39.9. The van der Waals surface area contributed by atoms with Gasteiger partial charge in [-0.2, -0.15) is 0 Å². The summed E-state index contributed by atoms with van der Waals surface area (Å²) in [6.45, 7) is 0. The molecule has 0 unspecified atom stereocenters. The van der Waals surface area contributed by atoms with Gasteiger partial charge in [0.25, 0.3) is 0 Å². The molecule has 0 aliphatic carbocycles. The lowest BCUT2D eigenvalue weighted by Gasteiger charge is -1.00. The first kappa shape index (κ1) is 20.6. The average Bonchev–Trinajstić information content (AvgIpc) is 1.00. The van der Waals surface area contributed by atoms with Crippen LogP contribution in [0.3, 0.4) is 0 Å². The number of hydrogen-bond donors (Lipinski definition) is 0. The zero-order chi connectivity index (χ0) is 2.00. The van der Waals surface area contributed by atoms with Crippen LogP contribution >= 0.6 is 0 Å². The SMILES string of the molecule is [Cl-].[Cl-].[O]=[Al+2]. The van der Waals surface area contributed by atoms with Crippen LogP contribution in [0.1, 0.15) is 0 Å². The Morgan fingerprint density at radius 1 is 1.00 bits per heavy atom. The van der Waals surface area contributed by atoms with E-state index < -0.39 is 0 Å². The smallest absolute Gasteiger partial charge is 1.00 e. The summed E-state index contributed by atoms with van der Waals surface area (Å²) in [5, 5.41) is 0. The van der Waals surface area contributed by atoms with Crippen LogP contribution in [0.4, 0.5) is 0 Å². The monoisotopic (exact) mass is 113 g/mol. The van der Waals surface area contributed by atoms with Crippen molar-refractivity contribution >= 4 is 16.2 Å². The molecule has 0 fully saturated rings. The van der Waals surface area contributed by atoms with Crippen LogP contribution in [0.15, 0.2) is 0 Å². The lowest BCUT2D eigenvalue weighted by atomic mass is 16.0. The van der Waals surface area contributed by atoms with Gasteiger partial charge in [0.2, 0.25) is 0 Å². The van der Waals surface area contributed by atoms with Crippen molar-refractivity contribution in [3.8, 4) is 0 Å². The highest BCUT2D eigenvalue weighted by molar-refractivity contribution is 5.85. The van der Waals surface area contributed by atoms with Gasteiger partial charge in [0.15, 0.2) is 0 Å². The lowest BCUT2D eigenvalue weighted by Crippen LogP contribution is -3.00. The summed E-state index contributed by atoms with van der Waals surface area (Å²) in [4.78, 5) is 0. The number of halogens is 2. The minimum Gasteiger partial charge on any atom is -1.00 e. The molecular weight excluding hydrogens is 114 g/mol. The molecule has 0 N–H and O–H groups in total. The Kier molecular flexibility index (Phi) is 205. The lowest BCUT2D eigenvalue weighted by molar-refractivity contribution is -0.001000. The highest BCUT2D eigenvalue weighted by Crippen LogP contribution is 0.469. The molecule has 23 valence electrons. The predicted molar refractivity (Wildman–Crippen MR) is 6.44 cm³/mol. The predicted octanol–water partition coefficient (Wildman–Crippen LogP) is -6.49. The Morgan fingerprint density at radius 2 is 1.00 bits per heavy atom. The zero-order valence-electron chi connectivity index (χ0n) is 1.74. The summed E-state index contributed by atoms with van der Waals surface area (Å²) >= 11 is 1.17. The quantitative estimate of drug-likeness (QED) is 0.286. The van der Waals surface area contributed by atoms with Gasteiger partial charge in [0.1, 0.15) is 0 Å². The fourth-order valence-electron chi connectivity index (χ4n) is 0. The Hall–Kier alpha value is 0.912. The van der Waals surface area contributed by atoms with E-state index in [0.29, 0.717) is 0 Å². The van der Waals surface area contributed by atoms with Crippen molar-refractivity contribution < 1.29 is 28.6 Å². The Bertz CT molecular complexity index is 6.00. The fraction of sp³-hybridized carbons (Fsp3) is 0. The molecule has 1 nitrogen and oxygen atoms in total. The Morgan fingerprint density at radius 3 is 1.00 bits per heavy atom. The third-order valence-corrected chi connectivity index (χ3v) is 0. The van der Waals surface area contributed by atoms with Crippen LogP contribution in [0, 0.1) is 0 Å². The molecule has 0 rings (SSSR count). The molecule has 0 saturated heterocycles. The van der Waals surface area contributed by atoms with Crippen LogP contribution in [0.25, 0.3) is 0 Å². The van der Waals surface area contributed by atoms with E-state index in [-0.39, 0.29) is 24.8 Å². The van der Waals surface area contributed by atoms with Crippen molar-refractivity contribution in [2.75, 3.05) is 0 Å². The average molecular weight is 114 g/mol. The Balaban J connectivity index is -0.00000000500. The highest BCUT2D eigenvalue weighted by Gasteiger charge is 2.19. The first-order valence-electron chi connectivity index (χ1n) is 0.236. The maximum absolute atomic E-state index is 8.17. The second-order valence-corrected chi connectivity index (χ2v) is 0. The molecule has 0 aromatic heterocycles. The van der Waals surface area contributed by atoms with Crippen molar-refractivity contribution in [3.05, 3.63) is 0 Å². The zero-order valence-corrected chi connectivity index (χ0v) is 4.41. The van der Waals surface area contributed by atoms with Gasteiger partial charge in [-0.15, -0.1) is 0 Å². The molecular formula is AlCl2O. The normalized spacial score (nSPS) is 1.00. The van der Waals surface area contributed by atoms with Crippen LogP contribution in [-0.2, 0) is 3.80 Å². The molecule has 0 spiro atoms. The molecule has 0 aliphatic heterocycles. The summed E-state index contributed by atoms with van der Waals surface area (Å²) < 4.78 is 8.17. The maximum Gasteiger partial charge on any atom is 1.96 e. The van der Waals surface area contributed by atoms with Gasteiger partial charge in [-0.05, 0) is 0 Å². The summed E-state index contributed by atoms with van der Waals surface area (Å²) in [6, 6.07) is 0. The van der Waals surface area contributed by atoms with Crippen LogP contribution < -0.4 is 24.8 Å².